The van der Waals surface area contributed by atoms with Crippen molar-refractivity contribution in [3.63, 3.8) is 0 Å². The van der Waals surface area contributed by atoms with E-state index in [1.165, 1.54) is 35.5 Å². The molecule has 0 saturated heterocycles. The van der Waals surface area contributed by atoms with Crippen molar-refractivity contribution in [1.29, 1.82) is 0 Å². The fourth-order valence-electron chi connectivity index (χ4n) is 3.95. The van der Waals surface area contributed by atoms with Crippen molar-refractivity contribution in [1.82, 2.24) is 5.32 Å². The van der Waals surface area contributed by atoms with E-state index >= 15 is 0 Å². The summed E-state index contributed by atoms with van der Waals surface area (Å²) in [5.41, 5.74) is 6.94. The molecule has 1 heterocycles. The Labute approximate surface area is 256 Å². The number of hydrogen-bond donors (Lipinski definition) is 3. The number of hydrogen-bond acceptors (Lipinski definition) is 5. The second-order valence-corrected chi connectivity index (χ2v) is 9.81. The number of nitrogens with zero attached hydrogens (tertiary/aromatic N) is 2. The normalized spacial score (nSPS) is 17.0. The van der Waals surface area contributed by atoms with E-state index in [0.717, 1.165) is 46.3 Å². The van der Waals surface area contributed by atoms with Gasteiger partial charge in [-0.3, -0.25) is 9.98 Å². The Balaban J connectivity index is 0.000000360. The number of aliphatic imine (C=N–C) groups is 2. The van der Waals surface area contributed by atoms with Gasteiger partial charge >= 0.3 is 6.18 Å². The van der Waals surface area contributed by atoms with Gasteiger partial charge in [0.15, 0.2) is 0 Å². The third kappa shape index (κ3) is 11.2. The molecule has 3 aromatic carbocycles. The second kappa shape index (κ2) is 17.7. The Morgan fingerprint density at radius 1 is 0.977 bits per heavy atom. The number of para-hydroxylation sites is 1. The zero-order valence-electron chi connectivity index (χ0n) is 25.4. The molecule has 0 fully saturated rings. The number of nitrogens with one attached hydrogen (secondary N) is 3. The molecule has 1 aliphatic heterocycles. The van der Waals surface area contributed by atoms with E-state index in [0.29, 0.717) is 6.54 Å². The molecule has 4 rings (SSSR count). The fourth-order valence-corrected chi connectivity index (χ4v) is 4.12. The molecule has 0 spiro atoms. The van der Waals surface area contributed by atoms with Crippen molar-refractivity contribution >= 4 is 32.5 Å². The summed E-state index contributed by atoms with van der Waals surface area (Å²) in [5.74, 6) is 0. The summed E-state index contributed by atoms with van der Waals surface area (Å²) in [4.78, 5) is 9.48. The van der Waals surface area contributed by atoms with Gasteiger partial charge in [0.1, 0.15) is 0 Å². The third-order valence-electron chi connectivity index (χ3n) is 6.16. The van der Waals surface area contributed by atoms with Crippen molar-refractivity contribution in [3.05, 3.63) is 131 Å². The number of allylic oxidation sites excluding steroid dienone is 3. The Kier molecular flexibility index (Phi) is 14.4. The van der Waals surface area contributed by atoms with Crippen LogP contribution in [0.1, 0.15) is 43.0 Å². The summed E-state index contributed by atoms with van der Waals surface area (Å²) in [6.07, 6.45) is 0.882. The van der Waals surface area contributed by atoms with Crippen LogP contribution in [0.25, 0.3) is 0 Å². The first-order valence-electron chi connectivity index (χ1n) is 14.0. The Hall–Kier alpha value is -4.16. The van der Waals surface area contributed by atoms with Gasteiger partial charge in [-0.2, -0.15) is 13.2 Å². The molecular formula is C34H41F3N5P. The molecule has 0 radical (unpaired) electrons. The largest absolute Gasteiger partial charge is 0.418 e. The van der Waals surface area contributed by atoms with Gasteiger partial charge in [-0.15, -0.1) is 9.24 Å². The highest BCUT2D eigenvalue weighted by Crippen LogP contribution is 2.34. The highest BCUT2D eigenvalue weighted by molar-refractivity contribution is 7.24. The van der Waals surface area contributed by atoms with Gasteiger partial charge in [0.25, 0.3) is 0 Å². The van der Waals surface area contributed by atoms with Crippen LogP contribution in [-0.4, -0.2) is 25.5 Å². The summed E-state index contributed by atoms with van der Waals surface area (Å²) < 4.78 is 36.9. The first-order valence-corrected chi connectivity index (χ1v) is 14.6. The van der Waals surface area contributed by atoms with Crippen molar-refractivity contribution < 1.29 is 13.2 Å². The van der Waals surface area contributed by atoms with Crippen molar-refractivity contribution in [3.8, 4) is 0 Å². The van der Waals surface area contributed by atoms with E-state index in [4.69, 9.17) is 4.99 Å². The highest BCUT2D eigenvalue weighted by Gasteiger charge is 2.32. The molecule has 0 saturated carbocycles. The number of alkyl halides is 3. The summed E-state index contributed by atoms with van der Waals surface area (Å²) in [5, 5.41) is 10.2. The van der Waals surface area contributed by atoms with Crippen LogP contribution in [-0.2, 0) is 12.7 Å². The number of benzene rings is 3. The van der Waals surface area contributed by atoms with Crippen LogP contribution in [0.4, 0.5) is 24.5 Å². The lowest BCUT2D eigenvalue weighted by molar-refractivity contribution is -0.136. The number of anilines is 2. The van der Waals surface area contributed by atoms with Crippen LogP contribution in [0.3, 0.4) is 0 Å². The zero-order valence-corrected chi connectivity index (χ0v) is 26.5. The van der Waals surface area contributed by atoms with Crippen molar-refractivity contribution in [2.75, 3.05) is 24.2 Å². The average Bonchev–Trinajstić information content (AvgIpc) is 3.07. The van der Waals surface area contributed by atoms with E-state index in [9.17, 15) is 13.2 Å². The van der Waals surface area contributed by atoms with Crippen LogP contribution in [0.15, 0.2) is 118 Å². The van der Waals surface area contributed by atoms with E-state index < -0.39 is 11.7 Å². The van der Waals surface area contributed by atoms with E-state index in [1.54, 1.807) is 0 Å². The Bertz CT molecular complexity index is 1470. The van der Waals surface area contributed by atoms with Crippen molar-refractivity contribution in [2.24, 2.45) is 9.98 Å². The minimum atomic E-state index is -4.33. The molecule has 0 aliphatic carbocycles. The van der Waals surface area contributed by atoms with Crippen LogP contribution >= 0.6 is 9.24 Å². The van der Waals surface area contributed by atoms with Gasteiger partial charge in [-0.1, -0.05) is 69.0 Å². The maximum Gasteiger partial charge on any atom is 0.418 e. The number of aryl methyl sites for hydroxylation is 1. The lowest BCUT2D eigenvalue weighted by atomic mass is 10.0. The first-order chi connectivity index (χ1) is 20.6. The molecule has 3 N–H and O–H groups in total. The molecule has 0 amide bonds. The highest BCUT2D eigenvalue weighted by atomic mass is 31.0. The molecule has 1 atom stereocenters. The fraction of sp³-hybridized carbons (Fsp3) is 0.235. The van der Waals surface area contributed by atoms with Crippen LogP contribution < -0.4 is 16.0 Å². The lowest BCUT2D eigenvalue weighted by Gasteiger charge is -2.12. The minimum Gasteiger partial charge on any atom is -0.388 e. The number of halogens is 3. The second-order valence-electron chi connectivity index (χ2n) is 9.19. The molecular weight excluding hydrogens is 566 g/mol. The Morgan fingerprint density at radius 3 is 2.35 bits per heavy atom. The first kappa shape index (κ1) is 35.0. The predicted octanol–water partition coefficient (Wildman–Crippen LogP) is 8.98. The topological polar surface area (TPSA) is 60.8 Å². The SMILES string of the molecule is C=CNc1ccccc1C(F)(F)F.CC.CNc1cccc(CN/C2=C/C(c3ccccc3C)=N\C(C)=C(/P)C=NC2)c1. The molecule has 1 unspecified atom stereocenters. The van der Waals surface area contributed by atoms with Crippen LogP contribution in [0, 0.1) is 6.92 Å². The molecule has 0 bridgehead atoms. The quantitative estimate of drug-likeness (QED) is 0.235. The summed E-state index contributed by atoms with van der Waals surface area (Å²) >= 11 is 0. The smallest absolute Gasteiger partial charge is 0.388 e. The van der Waals surface area contributed by atoms with Gasteiger partial charge < -0.3 is 16.0 Å². The monoisotopic (exact) mass is 607 g/mol. The maximum atomic E-state index is 12.3. The van der Waals surface area contributed by atoms with Gasteiger partial charge in [0, 0.05) is 47.8 Å². The molecule has 3 aromatic rings. The van der Waals surface area contributed by atoms with Gasteiger partial charge in [0.2, 0.25) is 0 Å². The molecule has 0 aromatic heterocycles. The lowest BCUT2D eigenvalue weighted by Crippen LogP contribution is -2.17. The molecule has 9 heteroatoms. The van der Waals surface area contributed by atoms with Gasteiger partial charge in [-0.25, -0.2) is 0 Å². The maximum absolute atomic E-state index is 12.3. The molecule has 43 heavy (non-hydrogen) atoms. The third-order valence-corrected chi connectivity index (χ3v) is 6.72. The molecule has 228 valence electrons. The Morgan fingerprint density at radius 2 is 1.67 bits per heavy atom. The van der Waals surface area contributed by atoms with E-state index in [2.05, 4.69) is 98.3 Å². The van der Waals surface area contributed by atoms with Gasteiger partial charge in [-0.05, 0) is 61.5 Å². The van der Waals surface area contributed by atoms with Crippen LogP contribution in [0.5, 0.6) is 0 Å². The van der Waals surface area contributed by atoms with E-state index in [-0.39, 0.29) is 5.69 Å². The van der Waals surface area contributed by atoms with E-state index in [1.807, 2.05) is 34.0 Å². The average molecular weight is 608 g/mol. The predicted molar refractivity (Wildman–Crippen MR) is 181 cm³/mol. The van der Waals surface area contributed by atoms with Crippen LogP contribution in [0.2, 0.25) is 0 Å². The molecule has 5 nitrogen and oxygen atoms in total. The van der Waals surface area contributed by atoms with Gasteiger partial charge in [0.05, 0.1) is 23.5 Å². The summed E-state index contributed by atoms with van der Waals surface area (Å²) in [6, 6.07) is 22.0. The summed E-state index contributed by atoms with van der Waals surface area (Å²) in [6.45, 7) is 12.8. The number of rotatable bonds is 7. The molecule has 1 aliphatic rings. The standard InChI is InChI=1S/C23H27N4P.C9H8F3N.C2H6/c1-16-7-4-5-10-21(16)22-12-20(14-25-15-23(28)17(2)27-22)26-13-18-8-6-9-19(11-18)24-3;1-2-13-8-6-4-3-5-7(8)9(10,11)12;1-2/h4-12,15,24,26H,13-14,28H2,1-3H3;2-6,13H,1H2;1-2H3/b20-12+,23-17-,25-15?,27-22+;;. The summed E-state index contributed by atoms with van der Waals surface area (Å²) in [7, 11) is 4.66. The minimum absolute atomic E-state index is 0.0185. The van der Waals surface area contributed by atoms with Crippen molar-refractivity contribution in [2.45, 2.75) is 40.4 Å². The zero-order chi connectivity index (χ0) is 31.8.